The molecule has 2 aromatic carbocycles. The monoisotopic (exact) mass is 298 g/mol. The molecule has 0 aliphatic carbocycles. The van der Waals surface area contributed by atoms with E-state index in [-0.39, 0.29) is 0 Å². The van der Waals surface area contributed by atoms with Gasteiger partial charge in [-0.2, -0.15) is 0 Å². The van der Waals surface area contributed by atoms with Crippen LogP contribution in [0.4, 0.5) is 0 Å². The smallest absolute Gasteiger partial charge is 0.241 e. The van der Waals surface area contributed by atoms with E-state index in [2.05, 4.69) is 86.8 Å². The van der Waals surface area contributed by atoms with E-state index < -0.39 is 18.1 Å². The van der Waals surface area contributed by atoms with Crippen LogP contribution in [0.3, 0.4) is 0 Å². The number of rotatable bonds is 5. The maximum absolute atomic E-state index is 6.51. The molecule has 0 aromatic heterocycles. The van der Waals surface area contributed by atoms with E-state index in [0.29, 0.717) is 0 Å². The van der Waals surface area contributed by atoms with E-state index in [1.165, 1.54) is 15.9 Å². The average molecular weight is 299 g/mol. The predicted octanol–water partition coefficient (Wildman–Crippen LogP) is 2.40. The molecule has 2 aromatic rings. The molecule has 0 unspecified atom stereocenters. The van der Waals surface area contributed by atoms with E-state index in [1.54, 1.807) is 0 Å². The number of hydrogen-bond acceptors (Lipinski definition) is 1. The van der Waals surface area contributed by atoms with Crippen LogP contribution in [0.25, 0.3) is 0 Å². The molecule has 0 N–H and O–H groups in total. The van der Waals surface area contributed by atoms with E-state index in [1.807, 2.05) is 0 Å². The van der Waals surface area contributed by atoms with Crippen LogP contribution in [0.5, 0.6) is 0 Å². The van der Waals surface area contributed by atoms with Crippen molar-refractivity contribution in [3.05, 3.63) is 71.9 Å². The molecular weight excluding hydrogens is 276 g/mol. The molecule has 0 amide bonds. The molecule has 0 aliphatic rings. The lowest BCUT2D eigenvalue weighted by molar-refractivity contribution is 0.622. The quantitative estimate of drug-likeness (QED) is 0.770. The molecule has 0 fully saturated rings. The Kier molecular flexibility index (Phi) is 5.12. The highest BCUT2D eigenvalue weighted by Gasteiger charge is 2.32. The zero-order chi connectivity index (χ0) is 14.4. The van der Waals surface area contributed by atoms with Crippen molar-refractivity contribution in [1.29, 1.82) is 0 Å². The van der Waals surface area contributed by atoms with E-state index in [4.69, 9.17) is 4.12 Å². The first-order valence-corrected chi connectivity index (χ1v) is 10.8. The first kappa shape index (κ1) is 15.0. The third-order valence-electron chi connectivity index (χ3n) is 3.51. The largest absolute Gasteiger partial charge is 0.451 e. The summed E-state index contributed by atoms with van der Waals surface area (Å²) in [4.78, 5) is 0. The second kappa shape index (κ2) is 6.84. The lowest BCUT2D eigenvalue weighted by Gasteiger charge is -2.28. The van der Waals surface area contributed by atoms with Crippen molar-refractivity contribution in [2.75, 3.05) is 0 Å². The highest BCUT2D eigenvalue weighted by Crippen LogP contribution is 2.07. The van der Waals surface area contributed by atoms with Crippen LogP contribution >= 0.6 is 0 Å². The van der Waals surface area contributed by atoms with Gasteiger partial charge in [-0.15, -0.1) is 0 Å². The van der Waals surface area contributed by atoms with Crippen molar-refractivity contribution in [3.63, 3.8) is 0 Å². The molecule has 0 heterocycles. The molecule has 0 bridgehead atoms. The maximum atomic E-state index is 6.51. The van der Waals surface area contributed by atoms with Crippen LogP contribution < -0.4 is 10.4 Å². The highest BCUT2D eigenvalue weighted by molar-refractivity contribution is 6.98. The van der Waals surface area contributed by atoms with Gasteiger partial charge in [-0.1, -0.05) is 71.9 Å². The minimum absolute atomic E-state index is 0.628. The summed E-state index contributed by atoms with van der Waals surface area (Å²) in [5.74, 6) is 0. The molecule has 0 saturated heterocycles. The minimum atomic E-state index is -2.05. The maximum Gasteiger partial charge on any atom is 0.241 e. The van der Waals surface area contributed by atoms with Gasteiger partial charge in [0.05, 0.1) is 0 Å². The average Bonchev–Trinajstić information content (AvgIpc) is 2.48. The van der Waals surface area contributed by atoms with Crippen molar-refractivity contribution >= 4 is 28.5 Å². The molecule has 0 radical (unpaired) electrons. The summed E-state index contributed by atoms with van der Waals surface area (Å²) in [6.45, 7) is 6.59. The summed E-state index contributed by atoms with van der Waals surface area (Å²) in [7, 11) is -2.68. The molecule has 0 aliphatic heterocycles. The Morgan fingerprint density at radius 3 is 1.75 bits per heavy atom. The van der Waals surface area contributed by atoms with Crippen molar-refractivity contribution in [3.8, 4) is 0 Å². The van der Waals surface area contributed by atoms with Gasteiger partial charge in [-0.3, -0.25) is 0 Å². The Balaban J connectivity index is 2.36. The zero-order valence-electron chi connectivity index (χ0n) is 12.5. The van der Waals surface area contributed by atoms with Crippen LogP contribution in [0.2, 0.25) is 6.55 Å². The molecule has 3 heteroatoms. The van der Waals surface area contributed by atoms with Crippen molar-refractivity contribution in [2.45, 2.75) is 20.4 Å². The Hall–Kier alpha value is -1.43. The summed E-state index contributed by atoms with van der Waals surface area (Å²) in [5, 5.41) is 2.70. The summed E-state index contributed by atoms with van der Waals surface area (Å²) in [6, 6.07) is 21.4. The lowest BCUT2D eigenvalue weighted by atomic mass is 10.4. The van der Waals surface area contributed by atoms with E-state index in [9.17, 15) is 0 Å². The predicted molar refractivity (Wildman–Crippen MR) is 92.8 cm³/mol. The SMILES string of the molecule is CC(C)=C[SiH2]O[Si](C)(c1ccccc1)c1ccccc1. The van der Waals surface area contributed by atoms with E-state index >= 15 is 0 Å². The molecule has 0 atom stereocenters. The Labute approximate surface area is 125 Å². The van der Waals surface area contributed by atoms with Gasteiger partial charge >= 0.3 is 0 Å². The first-order chi connectivity index (χ1) is 9.63. The molecule has 2 rings (SSSR count). The number of benzene rings is 2. The lowest BCUT2D eigenvalue weighted by Crippen LogP contribution is -2.58. The van der Waals surface area contributed by atoms with Crippen molar-refractivity contribution < 1.29 is 4.12 Å². The summed E-state index contributed by atoms with van der Waals surface area (Å²) in [5.41, 5.74) is 3.64. The van der Waals surface area contributed by atoms with E-state index in [0.717, 1.165) is 0 Å². The topological polar surface area (TPSA) is 9.23 Å². The van der Waals surface area contributed by atoms with Crippen molar-refractivity contribution in [2.24, 2.45) is 0 Å². The first-order valence-electron chi connectivity index (χ1n) is 7.01. The van der Waals surface area contributed by atoms with Crippen LogP contribution in [0, 0.1) is 0 Å². The van der Waals surface area contributed by atoms with Crippen molar-refractivity contribution in [1.82, 2.24) is 0 Å². The third kappa shape index (κ3) is 3.57. The molecular formula is C17H22OSi2. The van der Waals surface area contributed by atoms with Crippen LogP contribution in [0.15, 0.2) is 71.9 Å². The Bertz CT molecular complexity index is 521. The molecule has 104 valence electrons. The number of hydrogen-bond donors (Lipinski definition) is 0. The summed E-state index contributed by atoms with van der Waals surface area (Å²) in [6.07, 6.45) is 0. The molecule has 0 saturated carbocycles. The Morgan fingerprint density at radius 1 is 0.900 bits per heavy atom. The second-order valence-corrected chi connectivity index (χ2v) is 10.5. The van der Waals surface area contributed by atoms with Gasteiger partial charge in [0.1, 0.15) is 0 Å². The molecule has 1 nitrogen and oxygen atoms in total. The molecule has 20 heavy (non-hydrogen) atoms. The third-order valence-corrected chi connectivity index (χ3v) is 10.3. The second-order valence-electron chi connectivity index (χ2n) is 5.36. The van der Waals surface area contributed by atoms with Gasteiger partial charge in [0, 0.05) is 0 Å². The van der Waals surface area contributed by atoms with Gasteiger partial charge in [0.15, 0.2) is 9.76 Å². The van der Waals surface area contributed by atoms with Gasteiger partial charge in [0.25, 0.3) is 0 Å². The van der Waals surface area contributed by atoms with Gasteiger partial charge in [-0.25, -0.2) is 0 Å². The van der Waals surface area contributed by atoms with Gasteiger partial charge in [0.2, 0.25) is 8.32 Å². The fourth-order valence-corrected chi connectivity index (χ4v) is 7.54. The Morgan fingerprint density at radius 2 is 1.35 bits per heavy atom. The van der Waals surface area contributed by atoms with Gasteiger partial charge < -0.3 is 4.12 Å². The number of allylic oxidation sites excluding steroid dienone is 1. The molecule has 0 spiro atoms. The normalized spacial score (nSPS) is 11.8. The van der Waals surface area contributed by atoms with Gasteiger partial charge in [-0.05, 0) is 30.8 Å². The summed E-state index contributed by atoms with van der Waals surface area (Å²) >= 11 is 0. The summed E-state index contributed by atoms with van der Waals surface area (Å²) < 4.78 is 6.51. The van der Waals surface area contributed by atoms with Crippen LogP contribution in [0.1, 0.15) is 13.8 Å². The van der Waals surface area contributed by atoms with Crippen LogP contribution in [-0.4, -0.2) is 18.1 Å². The highest BCUT2D eigenvalue weighted by atomic mass is 28.4. The van der Waals surface area contributed by atoms with Crippen LogP contribution in [-0.2, 0) is 4.12 Å². The standard InChI is InChI=1S/C17H22OSi2/c1-15(2)14-19-18-20(3,16-10-6-4-7-11-16)17-12-8-5-9-13-17/h4-14H,19H2,1-3H3. The fraction of sp³-hybridized carbons (Fsp3) is 0.176. The fourth-order valence-electron chi connectivity index (χ4n) is 2.22. The zero-order valence-corrected chi connectivity index (χ0v) is 14.9. The minimum Gasteiger partial charge on any atom is -0.451 e.